The third-order valence-electron chi connectivity index (χ3n) is 3.17. The number of rotatable bonds is 3. The first kappa shape index (κ1) is 13.3. The highest BCUT2D eigenvalue weighted by atomic mass is 16.6. The zero-order chi connectivity index (χ0) is 14.0. The largest absolute Gasteiger partial charge is 0.391 e. The van der Waals surface area contributed by atoms with Crippen molar-refractivity contribution < 1.29 is 14.8 Å². The van der Waals surface area contributed by atoms with Crippen LogP contribution >= 0.6 is 0 Å². The Hall–Kier alpha value is -2.15. The Kier molecular flexibility index (Phi) is 3.66. The smallest absolute Gasteiger partial charge is 0.293 e. The molecule has 2 rings (SSSR count). The van der Waals surface area contributed by atoms with Crippen LogP contribution in [0.3, 0.4) is 0 Å². The molecular formula is C12H15N3O4. The summed E-state index contributed by atoms with van der Waals surface area (Å²) in [5, 5.41) is 23.1. The van der Waals surface area contributed by atoms with Crippen LogP contribution in [0.5, 0.6) is 0 Å². The summed E-state index contributed by atoms with van der Waals surface area (Å²) < 4.78 is 0. The molecule has 0 spiro atoms. The lowest BCUT2D eigenvalue weighted by molar-refractivity contribution is -0.384. The predicted molar refractivity (Wildman–Crippen MR) is 69.2 cm³/mol. The maximum Gasteiger partial charge on any atom is 0.293 e. The van der Waals surface area contributed by atoms with Gasteiger partial charge in [0, 0.05) is 26.2 Å². The molecule has 0 bridgehead atoms. The Morgan fingerprint density at radius 1 is 1.58 bits per heavy atom. The summed E-state index contributed by atoms with van der Waals surface area (Å²) in [6.07, 6.45) is 0.0240. The molecule has 1 heterocycles. The molecule has 1 atom stereocenters. The van der Waals surface area contributed by atoms with E-state index in [0.717, 1.165) is 0 Å². The van der Waals surface area contributed by atoms with Crippen LogP contribution in [-0.2, 0) is 0 Å². The number of hydrogen-bond acceptors (Lipinski definition) is 5. The van der Waals surface area contributed by atoms with E-state index < -0.39 is 11.0 Å². The van der Waals surface area contributed by atoms with Gasteiger partial charge in [0.25, 0.3) is 11.6 Å². The van der Waals surface area contributed by atoms with Gasteiger partial charge in [0.1, 0.15) is 5.69 Å². The van der Waals surface area contributed by atoms with Gasteiger partial charge in [-0.25, -0.2) is 0 Å². The van der Waals surface area contributed by atoms with Crippen molar-refractivity contribution in [2.24, 2.45) is 0 Å². The lowest BCUT2D eigenvalue weighted by Crippen LogP contribution is -2.30. The van der Waals surface area contributed by atoms with Gasteiger partial charge in [0.15, 0.2) is 0 Å². The van der Waals surface area contributed by atoms with Crippen molar-refractivity contribution in [3.63, 3.8) is 0 Å². The van der Waals surface area contributed by atoms with Gasteiger partial charge in [-0.2, -0.15) is 0 Å². The minimum Gasteiger partial charge on any atom is -0.391 e. The van der Waals surface area contributed by atoms with Crippen molar-refractivity contribution in [1.29, 1.82) is 0 Å². The lowest BCUT2D eigenvalue weighted by Gasteiger charge is -2.17. The van der Waals surface area contributed by atoms with Crippen molar-refractivity contribution >= 4 is 17.3 Å². The van der Waals surface area contributed by atoms with Crippen LogP contribution in [0.25, 0.3) is 0 Å². The van der Waals surface area contributed by atoms with Gasteiger partial charge in [-0.15, -0.1) is 0 Å². The SMILES string of the molecule is CNc1c(C(=O)N2CCC(O)C2)cccc1[N+](=O)[O-]. The molecule has 7 nitrogen and oxygen atoms in total. The fraction of sp³-hybridized carbons (Fsp3) is 0.417. The van der Waals surface area contributed by atoms with Crippen LogP contribution < -0.4 is 5.32 Å². The van der Waals surface area contributed by atoms with E-state index in [1.807, 2.05) is 0 Å². The second kappa shape index (κ2) is 5.23. The molecule has 7 heteroatoms. The van der Waals surface area contributed by atoms with E-state index in [2.05, 4.69) is 5.32 Å². The molecule has 102 valence electrons. The molecule has 1 unspecified atom stereocenters. The molecule has 1 aliphatic heterocycles. The number of nitrogens with zero attached hydrogens (tertiary/aromatic N) is 2. The molecule has 1 fully saturated rings. The second-order valence-corrected chi connectivity index (χ2v) is 4.40. The van der Waals surface area contributed by atoms with Crippen LogP contribution in [0.4, 0.5) is 11.4 Å². The van der Waals surface area contributed by atoms with Gasteiger partial charge in [-0.1, -0.05) is 6.07 Å². The molecule has 1 amide bonds. The van der Waals surface area contributed by atoms with E-state index in [0.29, 0.717) is 13.0 Å². The first-order valence-corrected chi connectivity index (χ1v) is 5.97. The Bertz CT molecular complexity index is 518. The third kappa shape index (κ3) is 2.50. The number of aliphatic hydroxyl groups is 1. The van der Waals surface area contributed by atoms with Crippen molar-refractivity contribution in [2.45, 2.75) is 12.5 Å². The zero-order valence-electron chi connectivity index (χ0n) is 10.5. The Labute approximate surface area is 110 Å². The molecule has 1 aromatic carbocycles. The molecule has 1 aliphatic rings. The topological polar surface area (TPSA) is 95.7 Å². The molecule has 0 aliphatic carbocycles. The van der Waals surface area contributed by atoms with Gasteiger partial charge in [0.2, 0.25) is 0 Å². The number of para-hydroxylation sites is 1. The number of nitro benzene ring substituents is 1. The van der Waals surface area contributed by atoms with E-state index in [4.69, 9.17) is 0 Å². The number of anilines is 1. The highest BCUT2D eigenvalue weighted by molar-refractivity contribution is 6.01. The number of carbonyl (C=O) groups excluding carboxylic acids is 1. The Morgan fingerprint density at radius 2 is 2.32 bits per heavy atom. The monoisotopic (exact) mass is 265 g/mol. The first-order chi connectivity index (χ1) is 9.04. The number of aliphatic hydroxyl groups excluding tert-OH is 1. The number of carbonyl (C=O) groups is 1. The van der Waals surface area contributed by atoms with E-state index >= 15 is 0 Å². The van der Waals surface area contributed by atoms with Crippen LogP contribution in [0, 0.1) is 10.1 Å². The molecule has 0 radical (unpaired) electrons. The number of β-amino-alcohol motifs (C(OH)–C–C–N with tert-alkyl or cyclic N) is 1. The summed E-state index contributed by atoms with van der Waals surface area (Å²) in [6, 6.07) is 4.38. The summed E-state index contributed by atoms with van der Waals surface area (Å²) in [5.41, 5.74) is 0.331. The Morgan fingerprint density at radius 3 is 2.84 bits per heavy atom. The number of hydrogen-bond donors (Lipinski definition) is 2. The maximum absolute atomic E-state index is 12.3. The molecule has 1 aromatic rings. The van der Waals surface area contributed by atoms with Crippen LogP contribution in [0.1, 0.15) is 16.8 Å². The van der Waals surface area contributed by atoms with Crippen LogP contribution in [-0.4, -0.2) is 47.1 Å². The normalized spacial score (nSPS) is 18.4. The predicted octanol–water partition coefficient (Wildman–Crippen LogP) is 0.843. The first-order valence-electron chi connectivity index (χ1n) is 5.97. The number of nitro groups is 1. The number of amides is 1. The van der Waals surface area contributed by atoms with E-state index in [9.17, 15) is 20.0 Å². The molecule has 0 saturated carbocycles. The van der Waals surface area contributed by atoms with Gasteiger partial charge in [0.05, 0.1) is 16.6 Å². The number of likely N-dealkylation sites (tertiary alicyclic amines) is 1. The van der Waals surface area contributed by atoms with Crippen molar-refractivity contribution in [1.82, 2.24) is 4.90 Å². The fourth-order valence-electron chi connectivity index (χ4n) is 2.23. The highest BCUT2D eigenvalue weighted by Crippen LogP contribution is 2.29. The molecule has 19 heavy (non-hydrogen) atoms. The van der Waals surface area contributed by atoms with Crippen LogP contribution in [0.2, 0.25) is 0 Å². The number of benzene rings is 1. The summed E-state index contributed by atoms with van der Waals surface area (Å²) in [7, 11) is 1.54. The van der Waals surface area contributed by atoms with Gasteiger partial charge >= 0.3 is 0 Å². The van der Waals surface area contributed by atoms with Crippen molar-refractivity contribution in [3.8, 4) is 0 Å². The quantitative estimate of drug-likeness (QED) is 0.623. The minimum atomic E-state index is -0.526. The molecule has 2 N–H and O–H groups in total. The summed E-state index contributed by atoms with van der Waals surface area (Å²) in [5.74, 6) is -0.301. The number of nitrogens with one attached hydrogen (secondary N) is 1. The molecular weight excluding hydrogens is 250 g/mol. The van der Waals surface area contributed by atoms with E-state index in [-0.39, 0.29) is 29.4 Å². The van der Waals surface area contributed by atoms with E-state index in [1.165, 1.54) is 24.1 Å². The summed E-state index contributed by atoms with van der Waals surface area (Å²) in [4.78, 5) is 24.2. The van der Waals surface area contributed by atoms with Crippen molar-refractivity contribution in [3.05, 3.63) is 33.9 Å². The lowest BCUT2D eigenvalue weighted by atomic mass is 10.1. The average Bonchev–Trinajstić information content (AvgIpc) is 2.83. The second-order valence-electron chi connectivity index (χ2n) is 4.40. The van der Waals surface area contributed by atoms with Gasteiger partial charge < -0.3 is 15.3 Å². The van der Waals surface area contributed by atoms with E-state index in [1.54, 1.807) is 6.07 Å². The van der Waals surface area contributed by atoms with Gasteiger partial charge in [-0.3, -0.25) is 14.9 Å². The maximum atomic E-state index is 12.3. The minimum absolute atomic E-state index is 0.131. The van der Waals surface area contributed by atoms with Gasteiger partial charge in [-0.05, 0) is 12.5 Å². The van der Waals surface area contributed by atoms with Crippen LogP contribution in [0.15, 0.2) is 18.2 Å². The molecule has 0 aromatic heterocycles. The fourth-order valence-corrected chi connectivity index (χ4v) is 2.23. The molecule has 1 saturated heterocycles. The highest BCUT2D eigenvalue weighted by Gasteiger charge is 2.29. The summed E-state index contributed by atoms with van der Waals surface area (Å²) in [6.45, 7) is 0.733. The summed E-state index contributed by atoms with van der Waals surface area (Å²) >= 11 is 0. The third-order valence-corrected chi connectivity index (χ3v) is 3.17. The standard InChI is InChI=1S/C12H15N3O4/c1-13-11-9(3-2-4-10(11)15(18)19)12(17)14-6-5-8(16)7-14/h2-4,8,13,16H,5-7H2,1H3. The average molecular weight is 265 g/mol. The Balaban J connectivity index is 2.36. The van der Waals surface area contributed by atoms with Crippen molar-refractivity contribution in [2.75, 3.05) is 25.5 Å². The zero-order valence-corrected chi connectivity index (χ0v) is 10.5.